The average Bonchev–Trinajstić information content (AvgIpc) is 2.56. The van der Waals surface area contributed by atoms with Gasteiger partial charge < -0.3 is 19.7 Å². The smallest absolute Gasteiger partial charge is 0.127 e. The monoisotopic (exact) mass is 298 g/mol. The molecule has 0 fully saturated rings. The lowest BCUT2D eigenvalue weighted by Crippen LogP contribution is -2.02. The summed E-state index contributed by atoms with van der Waals surface area (Å²) in [6, 6.07) is 15.8. The van der Waals surface area contributed by atoms with Crippen molar-refractivity contribution in [3.63, 3.8) is 0 Å². The first kappa shape index (κ1) is 14.6. The number of rotatable bonds is 6. The Morgan fingerprint density at radius 1 is 0.682 bits per heavy atom. The van der Waals surface area contributed by atoms with Crippen LogP contribution in [0.25, 0.3) is 21.5 Å². The van der Waals surface area contributed by atoms with Crippen LogP contribution in [0.15, 0.2) is 48.5 Å². The third-order valence-corrected chi connectivity index (χ3v) is 3.50. The first-order chi connectivity index (χ1) is 10.8. The Morgan fingerprint density at radius 2 is 1.18 bits per heavy atom. The molecule has 0 atom stereocenters. The van der Waals surface area contributed by atoms with Crippen molar-refractivity contribution >= 4 is 21.5 Å². The average molecular weight is 298 g/mol. The van der Waals surface area contributed by atoms with Gasteiger partial charge in [0.05, 0.1) is 13.2 Å². The SMILES string of the molecule is OCCOc1cccc2cc3cccc(OCCO)c3cc12. The van der Waals surface area contributed by atoms with Crippen LogP contribution in [0.2, 0.25) is 0 Å². The zero-order valence-corrected chi connectivity index (χ0v) is 12.2. The van der Waals surface area contributed by atoms with Gasteiger partial charge in [0.15, 0.2) is 0 Å². The highest BCUT2D eigenvalue weighted by Crippen LogP contribution is 2.34. The lowest BCUT2D eigenvalue weighted by Gasteiger charge is -2.12. The van der Waals surface area contributed by atoms with E-state index in [0.717, 1.165) is 33.0 Å². The van der Waals surface area contributed by atoms with Crippen molar-refractivity contribution < 1.29 is 19.7 Å². The van der Waals surface area contributed by atoms with Crippen molar-refractivity contribution in [2.75, 3.05) is 26.4 Å². The van der Waals surface area contributed by atoms with Gasteiger partial charge in [-0.15, -0.1) is 0 Å². The van der Waals surface area contributed by atoms with Crippen molar-refractivity contribution in [2.45, 2.75) is 0 Å². The van der Waals surface area contributed by atoms with Crippen LogP contribution in [-0.2, 0) is 0 Å². The van der Waals surface area contributed by atoms with Crippen LogP contribution >= 0.6 is 0 Å². The van der Waals surface area contributed by atoms with Crippen LogP contribution in [0, 0.1) is 0 Å². The predicted molar refractivity (Wildman–Crippen MR) is 86.6 cm³/mol. The normalized spacial score (nSPS) is 11.0. The lowest BCUT2D eigenvalue weighted by molar-refractivity contribution is 0.202. The zero-order valence-electron chi connectivity index (χ0n) is 12.2. The standard InChI is InChI=1S/C18H18O4/c19-7-9-21-17-5-1-3-13-11-14-4-2-6-18(22-10-8-20)16(14)12-15(13)17/h1-6,11-12,19-20H,7-10H2. The second-order valence-corrected chi connectivity index (χ2v) is 4.95. The van der Waals surface area contributed by atoms with Crippen molar-refractivity contribution in [1.82, 2.24) is 0 Å². The molecule has 0 spiro atoms. The second kappa shape index (κ2) is 6.64. The van der Waals surface area contributed by atoms with E-state index in [9.17, 15) is 0 Å². The number of aliphatic hydroxyl groups is 2. The molecular formula is C18H18O4. The van der Waals surface area contributed by atoms with E-state index >= 15 is 0 Å². The fourth-order valence-electron chi connectivity index (χ4n) is 2.56. The van der Waals surface area contributed by atoms with Gasteiger partial charge in [0, 0.05) is 10.8 Å². The Labute approximate surface area is 128 Å². The van der Waals surface area contributed by atoms with Crippen molar-refractivity contribution in [3.05, 3.63) is 48.5 Å². The van der Waals surface area contributed by atoms with Gasteiger partial charge in [-0.1, -0.05) is 24.3 Å². The van der Waals surface area contributed by atoms with Crippen molar-refractivity contribution in [2.24, 2.45) is 0 Å². The van der Waals surface area contributed by atoms with E-state index in [2.05, 4.69) is 6.07 Å². The molecule has 0 aliphatic rings. The summed E-state index contributed by atoms with van der Waals surface area (Å²) in [5.74, 6) is 1.48. The van der Waals surface area contributed by atoms with Gasteiger partial charge in [-0.25, -0.2) is 0 Å². The van der Waals surface area contributed by atoms with Crippen molar-refractivity contribution in [3.8, 4) is 11.5 Å². The summed E-state index contributed by atoms with van der Waals surface area (Å²) in [6.07, 6.45) is 0. The van der Waals surface area contributed by atoms with Gasteiger partial charge >= 0.3 is 0 Å². The fraction of sp³-hybridized carbons (Fsp3) is 0.222. The number of ether oxygens (including phenoxy) is 2. The summed E-state index contributed by atoms with van der Waals surface area (Å²) in [5.41, 5.74) is 0. The predicted octanol–water partition coefficient (Wildman–Crippen LogP) is 2.74. The highest BCUT2D eigenvalue weighted by Gasteiger charge is 2.07. The molecule has 3 aromatic carbocycles. The Balaban J connectivity index is 2.15. The molecule has 0 aromatic heterocycles. The Kier molecular flexibility index (Phi) is 4.42. The van der Waals surface area contributed by atoms with E-state index in [1.54, 1.807) is 0 Å². The van der Waals surface area contributed by atoms with E-state index in [1.165, 1.54) is 0 Å². The van der Waals surface area contributed by atoms with Gasteiger partial charge in [-0.05, 0) is 35.0 Å². The molecule has 0 unspecified atom stereocenters. The molecule has 0 aliphatic heterocycles. The van der Waals surface area contributed by atoms with Crippen LogP contribution in [-0.4, -0.2) is 36.6 Å². The summed E-state index contributed by atoms with van der Waals surface area (Å²) in [4.78, 5) is 0. The molecule has 22 heavy (non-hydrogen) atoms. The molecular weight excluding hydrogens is 280 g/mol. The molecule has 4 nitrogen and oxygen atoms in total. The highest BCUT2D eigenvalue weighted by atomic mass is 16.5. The molecule has 0 saturated heterocycles. The maximum absolute atomic E-state index is 8.94. The Hall–Kier alpha value is -2.30. The van der Waals surface area contributed by atoms with Crippen LogP contribution in [0.4, 0.5) is 0 Å². The number of benzene rings is 3. The third-order valence-electron chi connectivity index (χ3n) is 3.50. The van der Waals surface area contributed by atoms with E-state index in [1.807, 2.05) is 42.5 Å². The van der Waals surface area contributed by atoms with E-state index in [4.69, 9.17) is 19.7 Å². The molecule has 3 aromatic rings. The largest absolute Gasteiger partial charge is 0.491 e. The molecule has 0 saturated carbocycles. The summed E-state index contributed by atoms with van der Waals surface area (Å²) < 4.78 is 11.2. The lowest BCUT2D eigenvalue weighted by atomic mass is 10.0. The topological polar surface area (TPSA) is 58.9 Å². The van der Waals surface area contributed by atoms with E-state index < -0.39 is 0 Å². The van der Waals surface area contributed by atoms with Gasteiger partial charge in [-0.3, -0.25) is 0 Å². The minimum Gasteiger partial charge on any atom is -0.491 e. The minimum atomic E-state index is -0.0190. The summed E-state index contributed by atoms with van der Waals surface area (Å²) in [5, 5.41) is 22.0. The van der Waals surface area contributed by atoms with Crippen LogP contribution < -0.4 is 9.47 Å². The molecule has 0 heterocycles. The quantitative estimate of drug-likeness (QED) is 0.687. The maximum Gasteiger partial charge on any atom is 0.127 e. The van der Waals surface area contributed by atoms with Gasteiger partial charge in [0.2, 0.25) is 0 Å². The molecule has 0 aliphatic carbocycles. The number of hydrogen-bond acceptors (Lipinski definition) is 4. The molecule has 0 bridgehead atoms. The molecule has 0 amide bonds. The highest BCUT2D eigenvalue weighted by molar-refractivity contribution is 6.03. The van der Waals surface area contributed by atoms with Crippen molar-refractivity contribution in [1.29, 1.82) is 0 Å². The first-order valence-corrected chi connectivity index (χ1v) is 7.26. The first-order valence-electron chi connectivity index (χ1n) is 7.26. The Morgan fingerprint density at radius 3 is 1.64 bits per heavy atom. The third kappa shape index (κ3) is 2.84. The maximum atomic E-state index is 8.94. The van der Waals surface area contributed by atoms with Gasteiger partial charge in [-0.2, -0.15) is 0 Å². The summed E-state index contributed by atoms with van der Waals surface area (Å²) in [6.45, 7) is 0.489. The van der Waals surface area contributed by atoms with Crippen LogP contribution in [0.3, 0.4) is 0 Å². The van der Waals surface area contributed by atoms with Gasteiger partial charge in [0.1, 0.15) is 24.7 Å². The van der Waals surface area contributed by atoms with Crippen LogP contribution in [0.1, 0.15) is 0 Å². The fourth-order valence-corrected chi connectivity index (χ4v) is 2.56. The number of fused-ring (bicyclic) bond motifs is 2. The second-order valence-electron chi connectivity index (χ2n) is 4.95. The number of aliphatic hydroxyl groups excluding tert-OH is 2. The summed E-state index contributed by atoms with van der Waals surface area (Å²) >= 11 is 0. The Bertz CT molecular complexity index is 719. The minimum absolute atomic E-state index is 0.0190. The molecule has 3 rings (SSSR count). The molecule has 0 radical (unpaired) electrons. The molecule has 2 N–H and O–H groups in total. The molecule has 4 heteroatoms. The van der Waals surface area contributed by atoms with Gasteiger partial charge in [0.25, 0.3) is 0 Å². The van der Waals surface area contributed by atoms with Crippen LogP contribution in [0.5, 0.6) is 11.5 Å². The van der Waals surface area contributed by atoms with E-state index in [0.29, 0.717) is 0 Å². The van der Waals surface area contributed by atoms with E-state index in [-0.39, 0.29) is 26.4 Å². The summed E-state index contributed by atoms with van der Waals surface area (Å²) in [7, 11) is 0. The number of hydrogen-bond donors (Lipinski definition) is 2. The zero-order chi connectivity index (χ0) is 15.4. The molecule has 114 valence electrons.